The van der Waals surface area contributed by atoms with Crippen LogP contribution in [0.4, 0.5) is 0 Å². The van der Waals surface area contributed by atoms with Gasteiger partial charge in [-0.05, 0) is 26.7 Å². The summed E-state index contributed by atoms with van der Waals surface area (Å²) in [4.78, 5) is 16.3. The van der Waals surface area contributed by atoms with Gasteiger partial charge in [-0.2, -0.15) is 5.10 Å². The van der Waals surface area contributed by atoms with Gasteiger partial charge in [0.2, 0.25) is 0 Å². The second-order valence-corrected chi connectivity index (χ2v) is 5.40. The van der Waals surface area contributed by atoms with Crippen LogP contribution in [0.1, 0.15) is 47.7 Å². The van der Waals surface area contributed by atoms with Gasteiger partial charge < -0.3 is 14.5 Å². The molecular weight excluding hydrogens is 284 g/mol. The second kappa shape index (κ2) is 6.31. The average Bonchev–Trinajstić information content (AvgIpc) is 3.16. The molecule has 1 saturated heterocycles. The Balaban J connectivity index is 1.75. The van der Waals surface area contributed by atoms with Crippen molar-refractivity contribution < 1.29 is 13.9 Å². The van der Waals surface area contributed by atoms with Crippen molar-refractivity contribution in [2.75, 3.05) is 6.61 Å². The molecule has 2 aromatic rings. The number of aryl methyl sites for hydroxylation is 2. The Labute approximate surface area is 128 Å². The van der Waals surface area contributed by atoms with E-state index >= 15 is 0 Å². The van der Waals surface area contributed by atoms with Gasteiger partial charge >= 0.3 is 0 Å². The summed E-state index contributed by atoms with van der Waals surface area (Å²) < 4.78 is 12.8. The van der Waals surface area contributed by atoms with E-state index < -0.39 is 0 Å². The third kappa shape index (κ3) is 2.89. The summed E-state index contributed by atoms with van der Waals surface area (Å²) in [5, 5.41) is 7.30. The molecule has 0 unspecified atom stereocenters. The zero-order valence-electron chi connectivity index (χ0n) is 12.8. The summed E-state index contributed by atoms with van der Waals surface area (Å²) in [6, 6.07) is -0.0909. The molecule has 7 heteroatoms. The van der Waals surface area contributed by atoms with E-state index in [0.29, 0.717) is 18.1 Å². The number of amides is 1. The van der Waals surface area contributed by atoms with Crippen LogP contribution in [-0.4, -0.2) is 33.3 Å². The lowest BCUT2D eigenvalue weighted by Crippen LogP contribution is -2.43. The molecule has 2 atom stereocenters. The third-order valence-corrected chi connectivity index (χ3v) is 3.90. The number of nitrogens with one attached hydrogen (secondary N) is 1. The Bertz CT molecular complexity index is 649. The van der Waals surface area contributed by atoms with Crippen LogP contribution in [0.2, 0.25) is 0 Å². The van der Waals surface area contributed by atoms with Crippen molar-refractivity contribution in [2.24, 2.45) is 0 Å². The van der Waals surface area contributed by atoms with Crippen LogP contribution in [-0.2, 0) is 11.3 Å². The summed E-state index contributed by atoms with van der Waals surface area (Å²) in [5.74, 6) is 0.291. The van der Waals surface area contributed by atoms with Gasteiger partial charge in [-0.3, -0.25) is 9.48 Å². The number of nitrogens with zero attached hydrogens (tertiary/aromatic N) is 3. The van der Waals surface area contributed by atoms with Gasteiger partial charge in [-0.15, -0.1) is 0 Å². The smallest absolute Gasteiger partial charge is 0.273 e. The molecule has 1 aliphatic heterocycles. The Hall–Kier alpha value is -2.15. The van der Waals surface area contributed by atoms with E-state index in [0.717, 1.165) is 24.9 Å². The third-order valence-electron chi connectivity index (χ3n) is 3.90. The van der Waals surface area contributed by atoms with E-state index in [4.69, 9.17) is 9.15 Å². The summed E-state index contributed by atoms with van der Waals surface area (Å²) in [6.07, 6.45) is 6.66. The van der Waals surface area contributed by atoms with E-state index in [9.17, 15) is 4.79 Å². The van der Waals surface area contributed by atoms with E-state index in [1.54, 1.807) is 13.1 Å². The van der Waals surface area contributed by atoms with Gasteiger partial charge in [0.1, 0.15) is 11.9 Å². The number of rotatable bonds is 4. The highest BCUT2D eigenvalue weighted by atomic mass is 16.5. The van der Waals surface area contributed by atoms with Gasteiger partial charge in [0, 0.05) is 24.9 Å². The first-order chi connectivity index (χ1) is 10.7. The first-order valence-electron chi connectivity index (χ1n) is 7.54. The van der Waals surface area contributed by atoms with Gasteiger partial charge in [0.05, 0.1) is 12.2 Å². The molecule has 0 saturated carbocycles. The number of carbonyl (C=O) groups is 1. The molecular formula is C15H20N4O3. The number of hydrogen-bond acceptors (Lipinski definition) is 5. The van der Waals surface area contributed by atoms with Crippen molar-refractivity contribution in [3.63, 3.8) is 0 Å². The molecule has 0 spiro atoms. The van der Waals surface area contributed by atoms with Crippen LogP contribution < -0.4 is 5.32 Å². The number of ether oxygens (including phenoxy) is 1. The Morgan fingerprint density at radius 2 is 2.41 bits per heavy atom. The maximum atomic E-state index is 12.3. The lowest BCUT2D eigenvalue weighted by Gasteiger charge is -2.31. The molecule has 7 nitrogen and oxygen atoms in total. The molecule has 22 heavy (non-hydrogen) atoms. The summed E-state index contributed by atoms with van der Waals surface area (Å²) >= 11 is 0. The van der Waals surface area contributed by atoms with Crippen molar-refractivity contribution in [3.8, 4) is 0 Å². The van der Waals surface area contributed by atoms with Gasteiger partial charge in [0.25, 0.3) is 5.91 Å². The Morgan fingerprint density at radius 1 is 1.55 bits per heavy atom. The topological polar surface area (TPSA) is 82.2 Å². The fourth-order valence-corrected chi connectivity index (χ4v) is 2.72. The minimum atomic E-state index is -0.227. The molecule has 0 aliphatic carbocycles. The van der Waals surface area contributed by atoms with Crippen LogP contribution in [0, 0.1) is 6.92 Å². The Morgan fingerprint density at radius 3 is 3.09 bits per heavy atom. The van der Waals surface area contributed by atoms with Gasteiger partial charge in [-0.1, -0.05) is 0 Å². The van der Waals surface area contributed by atoms with Crippen molar-refractivity contribution in [1.29, 1.82) is 0 Å². The molecule has 118 valence electrons. The summed E-state index contributed by atoms with van der Waals surface area (Å²) in [6.45, 7) is 5.26. The first-order valence-corrected chi connectivity index (χ1v) is 7.54. The fourth-order valence-electron chi connectivity index (χ4n) is 2.72. The molecule has 2 aromatic heterocycles. The zero-order valence-corrected chi connectivity index (χ0v) is 12.8. The standard InChI is InChI=1S/C15H20N4O3/c1-3-19-8-11(7-17-19)14-12(5-4-6-21-14)18-15(20)13-10(2)22-9-16-13/h7-9,12,14H,3-6H2,1-2H3,(H,18,20)/t12-,14+/m0/s1. The van der Waals surface area contributed by atoms with Gasteiger partial charge in [-0.25, -0.2) is 4.98 Å². The predicted molar refractivity (Wildman–Crippen MR) is 78.3 cm³/mol. The van der Waals surface area contributed by atoms with E-state index in [2.05, 4.69) is 15.4 Å². The molecule has 0 radical (unpaired) electrons. The highest BCUT2D eigenvalue weighted by Gasteiger charge is 2.30. The van der Waals surface area contributed by atoms with Crippen molar-refractivity contribution in [2.45, 2.75) is 45.4 Å². The lowest BCUT2D eigenvalue weighted by atomic mass is 9.98. The molecule has 3 rings (SSSR count). The number of hydrogen-bond donors (Lipinski definition) is 1. The van der Waals surface area contributed by atoms with Gasteiger partial charge in [0.15, 0.2) is 12.1 Å². The number of aromatic nitrogens is 3. The van der Waals surface area contributed by atoms with E-state index in [1.807, 2.05) is 17.8 Å². The zero-order chi connectivity index (χ0) is 15.5. The quantitative estimate of drug-likeness (QED) is 0.932. The summed E-state index contributed by atoms with van der Waals surface area (Å²) in [5.41, 5.74) is 1.32. The minimum Gasteiger partial charge on any atom is -0.448 e. The highest BCUT2D eigenvalue weighted by Crippen LogP contribution is 2.28. The molecule has 1 N–H and O–H groups in total. The van der Waals surface area contributed by atoms with E-state index in [1.165, 1.54) is 6.39 Å². The SMILES string of the molecule is CCn1cc([C@H]2OCCC[C@@H]2NC(=O)c2ncoc2C)cn1. The van der Waals surface area contributed by atoms with Crippen LogP contribution in [0.3, 0.4) is 0 Å². The molecule has 1 aliphatic rings. The molecule has 1 fully saturated rings. The average molecular weight is 304 g/mol. The highest BCUT2D eigenvalue weighted by molar-refractivity contribution is 5.93. The lowest BCUT2D eigenvalue weighted by molar-refractivity contribution is -0.00957. The van der Waals surface area contributed by atoms with Crippen molar-refractivity contribution >= 4 is 5.91 Å². The van der Waals surface area contributed by atoms with Crippen LogP contribution in [0.5, 0.6) is 0 Å². The molecule has 0 aromatic carbocycles. The van der Waals surface area contributed by atoms with Crippen LogP contribution in [0.25, 0.3) is 0 Å². The Kier molecular flexibility index (Phi) is 4.24. The minimum absolute atomic E-state index is 0.0909. The normalized spacial score (nSPS) is 21.7. The maximum absolute atomic E-state index is 12.3. The monoisotopic (exact) mass is 304 g/mol. The summed E-state index contributed by atoms with van der Waals surface area (Å²) in [7, 11) is 0. The van der Waals surface area contributed by atoms with Crippen LogP contribution in [0.15, 0.2) is 23.2 Å². The predicted octanol–water partition coefficient (Wildman–Crippen LogP) is 1.85. The van der Waals surface area contributed by atoms with Crippen molar-refractivity contribution in [1.82, 2.24) is 20.1 Å². The molecule has 3 heterocycles. The largest absolute Gasteiger partial charge is 0.448 e. The van der Waals surface area contributed by atoms with E-state index in [-0.39, 0.29) is 18.1 Å². The van der Waals surface area contributed by atoms with Crippen molar-refractivity contribution in [3.05, 3.63) is 35.8 Å². The number of carbonyl (C=O) groups excluding carboxylic acids is 1. The molecule has 1 amide bonds. The first kappa shape index (κ1) is 14.8. The fraction of sp³-hybridized carbons (Fsp3) is 0.533. The number of oxazole rings is 1. The molecule has 0 bridgehead atoms. The second-order valence-electron chi connectivity index (χ2n) is 5.40. The maximum Gasteiger partial charge on any atom is 0.273 e. The van der Waals surface area contributed by atoms with Crippen LogP contribution >= 0.6 is 0 Å².